The second-order valence-electron chi connectivity index (χ2n) is 3.39. The van der Waals surface area contributed by atoms with E-state index in [9.17, 15) is 0 Å². The van der Waals surface area contributed by atoms with Gasteiger partial charge in [0.15, 0.2) is 0 Å². The molecule has 0 aliphatic carbocycles. The Balaban J connectivity index is 2.40. The number of rotatable bonds is 5. The van der Waals surface area contributed by atoms with Gasteiger partial charge in [0.25, 0.3) is 0 Å². The third-order valence-corrected chi connectivity index (χ3v) is 1.99. The molecule has 0 bridgehead atoms. The van der Waals surface area contributed by atoms with Crippen molar-refractivity contribution in [2.45, 2.75) is 33.2 Å². The molecular weight excluding hydrogens is 164 g/mol. The van der Waals surface area contributed by atoms with Crippen LogP contribution in [0.15, 0.2) is 12.4 Å². The lowest BCUT2D eigenvalue weighted by Crippen LogP contribution is -2.05. The second-order valence-corrected chi connectivity index (χ2v) is 3.39. The minimum Gasteiger partial charge on any atom is -0.380 e. The lowest BCUT2D eigenvalue weighted by Gasteiger charge is -2.01. The monoisotopic (exact) mass is 182 g/mol. The standard InChI is InChI=1S/C10H18N2O/c1-4-13-6-5-12-8-10(7-11-12)9(2)3/h7-9H,4-6H2,1-3H3. The first-order valence-corrected chi connectivity index (χ1v) is 4.84. The van der Waals surface area contributed by atoms with E-state index in [4.69, 9.17) is 4.74 Å². The molecule has 0 saturated carbocycles. The van der Waals surface area contributed by atoms with Crippen LogP contribution in [0.2, 0.25) is 0 Å². The molecule has 0 aliphatic rings. The third kappa shape index (κ3) is 3.19. The molecule has 0 aliphatic heterocycles. The molecule has 1 rings (SSSR count). The Bertz CT molecular complexity index is 243. The first kappa shape index (κ1) is 10.3. The highest BCUT2D eigenvalue weighted by Gasteiger charge is 2.01. The maximum absolute atomic E-state index is 5.25. The van der Waals surface area contributed by atoms with Gasteiger partial charge in [-0.05, 0) is 18.4 Å². The van der Waals surface area contributed by atoms with Crippen LogP contribution in [-0.2, 0) is 11.3 Å². The summed E-state index contributed by atoms with van der Waals surface area (Å²) in [6.45, 7) is 8.71. The zero-order valence-electron chi connectivity index (χ0n) is 8.66. The highest BCUT2D eigenvalue weighted by molar-refractivity contribution is 5.08. The molecule has 0 amide bonds. The molecular formula is C10H18N2O. The van der Waals surface area contributed by atoms with Crippen molar-refractivity contribution in [3.8, 4) is 0 Å². The average Bonchev–Trinajstić information content (AvgIpc) is 2.53. The molecule has 1 aromatic heterocycles. The summed E-state index contributed by atoms with van der Waals surface area (Å²) in [6, 6.07) is 0. The molecule has 0 unspecified atom stereocenters. The minimum absolute atomic E-state index is 0.556. The second kappa shape index (κ2) is 5.02. The van der Waals surface area contributed by atoms with Crippen molar-refractivity contribution in [2.24, 2.45) is 0 Å². The zero-order chi connectivity index (χ0) is 9.68. The predicted octanol–water partition coefficient (Wildman–Crippen LogP) is 2.04. The molecule has 0 atom stereocenters. The number of aromatic nitrogens is 2. The van der Waals surface area contributed by atoms with E-state index in [-0.39, 0.29) is 0 Å². The van der Waals surface area contributed by atoms with Crippen LogP contribution in [0.3, 0.4) is 0 Å². The van der Waals surface area contributed by atoms with Gasteiger partial charge in [0.1, 0.15) is 0 Å². The predicted molar refractivity (Wildman–Crippen MR) is 52.8 cm³/mol. The molecule has 1 aromatic rings. The Morgan fingerprint density at radius 3 is 2.85 bits per heavy atom. The lowest BCUT2D eigenvalue weighted by atomic mass is 10.1. The van der Waals surface area contributed by atoms with Gasteiger partial charge in [-0.15, -0.1) is 0 Å². The molecule has 1 heterocycles. The van der Waals surface area contributed by atoms with Crippen LogP contribution in [-0.4, -0.2) is 23.0 Å². The Morgan fingerprint density at radius 2 is 2.31 bits per heavy atom. The summed E-state index contributed by atoms with van der Waals surface area (Å²) in [5.41, 5.74) is 1.29. The van der Waals surface area contributed by atoms with Gasteiger partial charge in [0, 0.05) is 12.8 Å². The van der Waals surface area contributed by atoms with Crippen molar-refractivity contribution < 1.29 is 4.74 Å². The van der Waals surface area contributed by atoms with Crippen LogP contribution in [0.1, 0.15) is 32.3 Å². The average molecular weight is 182 g/mol. The van der Waals surface area contributed by atoms with Gasteiger partial charge >= 0.3 is 0 Å². The number of nitrogens with zero attached hydrogens (tertiary/aromatic N) is 2. The van der Waals surface area contributed by atoms with Crippen LogP contribution >= 0.6 is 0 Å². The molecule has 0 aromatic carbocycles. The van der Waals surface area contributed by atoms with E-state index in [0.29, 0.717) is 5.92 Å². The van der Waals surface area contributed by atoms with E-state index in [0.717, 1.165) is 19.8 Å². The summed E-state index contributed by atoms with van der Waals surface area (Å²) >= 11 is 0. The molecule has 3 heteroatoms. The smallest absolute Gasteiger partial charge is 0.0662 e. The van der Waals surface area contributed by atoms with Crippen molar-refractivity contribution in [1.82, 2.24) is 9.78 Å². The molecule has 0 spiro atoms. The first-order chi connectivity index (χ1) is 6.24. The largest absolute Gasteiger partial charge is 0.380 e. The fourth-order valence-electron chi connectivity index (χ4n) is 1.10. The van der Waals surface area contributed by atoms with E-state index in [1.165, 1.54) is 5.56 Å². The molecule has 0 N–H and O–H groups in total. The van der Waals surface area contributed by atoms with Crippen molar-refractivity contribution in [3.63, 3.8) is 0 Å². The maximum atomic E-state index is 5.25. The van der Waals surface area contributed by atoms with E-state index in [2.05, 4.69) is 25.1 Å². The van der Waals surface area contributed by atoms with Gasteiger partial charge in [-0.3, -0.25) is 4.68 Å². The normalized spacial score (nSPS) is 11.1. The van der Waals surface area contributed by atoms with Gasteiger partial charge in [-0.1, -0.05) is 13.8 Å². The number of hydrogen-bond donors (Lipinski definition) is 0. The van der Waals surface area contributed by atoms with E-state index < -0.39 is 0 Å². The summed E-state index contributed by atoms with van der Waals surface area (Å²) in [4.78, 5) is 0. The number of hydrogen-bond acceptors (Lipinski definition) is 2. The van der Waals surface area contributed by atoms with Gasteiger partial charge in [0.05, 0.1) is 19.3 Å². The van der Waals surface area contributed by atoms with Crippen LogP contribution in [0.4, 0.5) is 0 Å². The zero-order valence-corrected chi connectivity index (χ0v) is 8.66. The molecule has 0 saturated heterocycles. The van der Waals surface area contributed by atoms with Crippen molar-refractivity contribution in [1.29, 1.82) is 0 Å². The van der Waals surface area contributed by atoms with E-state index in [1.54, 1.807) is 0 Å². The van der Waals surface area contributed by atoms with Crippen LogP contribution in [0, 0.1) is 0 Å². The summed E-state index contributed by atoms with van der Waals surface area (Å²) in [5.74, 6) is 0.556. The molecule has 0 radical (unpaired) electrons. The first-order valence-electron chi connectivity index (χ1n) is 4.84. The topological polar surface area (TPSA) is 27.1 Å². The van der Waals surface area contributed by atoms with Gasteiger partial charge in [-0.25, -0.2) is 0 Å². The summed E-state index contributed by atoms with van der Waals surface area (Å²) in [6.07, 6.45) is 4.01. The quantitative estimate of drug-likeness (QED) is 0.652. The SMILES string of the molecule is CCOCCn1cc(C(C)C)cn1. The van der Waals surface area contributed by atoms with Gasteiger partial charge < -0.3 is 4.74 Å². The fraction of sp³-hybridized carbons (Fsp3) is 0.700. The highest BCUT2D eigenvalue weighted by Crippen LogP contribution is 2.11. The summed E-state index contributed by atoms with van der Waals surface area (Å²) in [7, 11) is 0. The van der Waals surface area contributed by atoms with Crippen molar-refractivity contribution >= 4 is 0 Å². The molecule has 3 nitrogen and oxygen atoms in total. The van der Waals surface area contributed by atoms with E-state index >= 15 is 0 Å². The Hall–Kier alpha value is -0.830. The van der Waals surface area contributed by atoms with Gasteiger partial charge in [0.2, 0.25) is 0 Å². The Labute approximate surface area is 79.7 Å². The molecule has 0 fully saturated rings. The number of ether oxygens (including phenoxy) is 1. The summed E-state index contributed by atoms with van der Waals surface area (Å²) in [5, 5.41) is 4.25. The maximum Gasteiger partial charge on any atom is 0.0662 e. The Kier molecular flexibility index (Phi) is 3.96. The van der Waals surface area contributed by atoms with Crippen LogP contribution in [0.5, 0.6) is 0 Å². The van der Waals surface area contributed by atoms with Gasteiger partial charge in [-0.2, -0.15) is 5.10 Å². The van der Waals surface area contributed by atoms with Crippen LogP contribution in [0.25, 0.3) is 0 Å². The third-order valence-electron chi connectivity index (χ3n) is 1.99. The lowest BCUT2D eigenvalue weighted by molar-refractivity contribution is 0.136. The van der Waals surface area contributed by atoms with E-state index in [1.807, 2.05) is 17.8 Å². The molecule has 74 valence electrons. The Morgan fingerprint density at radius 1 is 1.54 bits per heavy atom. The molecule has 13 heavy (non-hydrogen) atoms. The fourth-order valence-corrected chi connectivity index (χ4v) is 1.10. The minimum atomic E-state index is 0.556. The van der Waals surface area contributed by atoms with Crippen molar-refractivity contribution in [3.05, 3.63) is 18.0 Å². The highest BCUT2D eigenvalue weighted by atomic mass is 16.5. The summed E-state index contributed by atoms with van der Waals surface area (Å²) < 4.78 is 7.18. The van der Waals surface area contributed by atoms with Crippen molar-refractivity contribution in [2.75, 3.05) is 13.2 Å². The van der Waals surface area contributed by atoms with Crippen LogP contribution < -0.4 is 0 Å².